The van der Waals surface area contributed by atoms with Crippen LogP contribution in [0.5, 0.6) is 23.0 Å². The number of rotatable bonds is 5. The average Bonchev–Trinajstić information content (AvgIpc) is 3.33. The van der Waals surface area contributed by atoms with E-state index >= 15 is 0 Å². The van der Waals surface area contributed by atoms with Crippen LogP contribution in [0, 0.1) is 0 Å². The number of anilines is 1. The summed E-state index contributed by atoms with van der Waals surface area (Å²) in [6, 6.07) is 19.9. The van der Waals surface area contributed by atoms with Crippen LogP contribution in [0.15, 0.2) is 71.9 Å². The third-order valence-corrected chi connectivity index (χ3v) is 6.64. The van der Waals surface area contributed by atoms with E-state index in [-0.39, 0.29) is 18.5 Å². The van der Waals surface area contributed by atoms with Crippen LogP contribution in [-0.4, -0.2) is 19.7 Å². The number of Topliss-reactive ketones (excluding diaryl/α,β-unsaturated/α-hetero) is 1. The SMILES string of the molecule is COc1ccc(C2C3=C(CCCC3=O)Nc3cc4c(cc32)OCO4)cc1OCc1ccccc1. The molecule has 3 aromatic rings. The Bertz CT molecular complexity index is 1300. The topological polar surface area (TPSA) is 66.0 Å². The van der Waals surface area contributed by atoms with Gasteiger partial charge in [0.15, 0.2) is 28.8 Å². The fraction of sp³-hybridized carbons (Fsp3) is 0.250. The van der Waals surface area contributed by atoms with E-state index in [2.05, 4.69) is 5.32 Å². The highest BCUT2D eigenvalue weighted by Gasteiger charge is 2.37. The number of nitrogens with one attached hydrogen (secondary N) is 1. The minimum absolute atomic E-state index is 0.185. The zero-order valence-corrected chi connectivity index (χ0v) is 18.9. The highest BCUT2D eigenvalue weighted by molar-refractivity contribution is 6.01. The summed E-state index contributed by atoms with van der Waals surface area (Å²) in [5.41, 5.74) is 5.82. The van der Waals surface area contributed by atoms with Crippen molar-refractivity contribution in [3.8, 4) is 23.0 Å². The second-order valence-electron chi connectivity index (χ2n) is 8.70. The van der Waals surface area contributed by atoms with Gasteiger partial charge in [0.2, 0.25) is 6.79 Å². The van der Waals surface area contributed by atoms with Gasteiger partial charge in [-0.1, -0.05) is 36.4 Å². The quantitative estimate of drug-likeness (QED) is 0.543. The van der Waals surface area contributed by atoms with Gasteiger partial charge in [-0.2, -0.15) is 0 Å². The summed E-state index contributed by atoms with van der Waals surface area (Å²) in [7, 11) is 1.64. The highest BCUT2D eigenvalue weighted by Crippen LogP contribution is 2.50. The van der Waals surface area contributed by atoms with Crippen LogP contribution in [-0.2, 0) is 11.4 Å². The maximum absolute atomic E-state index is 13.2. The van der Waals surface area contributed by atoms with Gasteiger partial charge in [-0.25, -0.2) is 0 Å². The highest BCUT2D eigenvalue weighted by atomic mass is 16.7. The van der Waals surface area contributed by atoms with Gasteiger partial charge in [0.05, 0.1) is 7.11 Å². The Hall–Kier alpha value is -3.93. The van der Waals surface area contributed by atoms with Crippen LogP contribution in [0.25, 0.3) is 0 Å². The zero-order chi connectivity index (χ0) is 23.1. The third kappa shape index (κ3) is 3.55. The number of hydrogen-bond donors (Lipinski definition) is 1. The molecule has 3 aliphatic rings. The number of carbonyl (C=O) groups excluding carboxylic acids is 1. The van der Waals surface area contributed by atoms with Crippen LogP contribution in [0.4, 0.5) is 5.69 Å². The Labute approximate surface area is 198 Å². The Balaban J connectivity index is 1.44. The lowest BCUT2D eigenvalue weighted by Gasteiger charge is -2.34. The molecule has 2 aliphatic heterocycles. The van der Waals surface area contributed by atoms with Gasteiger partial charge < -0.3 is 24.3 Å². The van der Waals surface area contributed by atoms with Gasteiger partial charge in [-0.15, -0.1) is 0 Å². The van der Waals surface area contributed by atoms with E-state index in [1.54, 1.807) is 7.11 Å². The lowest BCUT2D eigenvalue weighted by Crippen LogP contribution is -2.26. The molecule has 172 valence electrons. The van der Waals surface area contributed by atoms with E-state index in [9.17, 15) is 4.79 Å². The Morgan fingerprint density at radius 1 is 0.971 bits per heavy atom. The minimum atomic E-state index is -0.224. The summed E-state index contributed by atoms with van der Waals surface area (Å²) in [6.45, 7) is 0.629. The van der Waals surface area contributed by atoms with Gasteiger partial charge >= 0.3 is 0 Å². The van der Waals surface area contributed by atoms with Crippen molar-refractivity contribution in [2.24, 2.45) is 0 Å². The summed E-state index contributed by atoms with van der Waals surface area (Å²) in [5, 5.41) is 3.51. The van der Waals surface area contributed by atoms with E-state index in [0.717, 1.165) is 52.2 Å². The van der Waals surface area contributed by atoms with Crippen molar-refractivity contribution in [2.45, 2.75) is 31.8 Å². The van der Waals surface area contributed by atoms with E-state index in [1.807, 2.05) is 60.7 Å². The summed E-state index contributed by atoms with van der Waals surface area (Å²) >= 11 is 0. The van der Waals surface area contributed by atoms with E-state index in [1.165, 1.54) is 0 Å². The van der Waals surface area contributed by atoms with Crippen molar-refractivity contribution in [3.63, 3.8) is 0 Å². The van der Waals surface area contributed by atoms with Gasteiger partial charge in [-0.05, 0) is 47.7 Å². The first-order chi connectivity index (χ1) is 16.7. The molecule has 3 aromatic carbocycles. The van der Waals surface area contributed by atoms with E-state index in [0.29, 0.717) is 30.3 Å². The Kier molecular flexibility index (Phi) is 5.13. The summed E-state index contributed by atoms with van der Waals surface area (Å²) in [4.78, 5) is 13.2. The van der Waals surface area contributed by atoms with Crippen LogP contribution in [0.2, 0.25) is 0 Å². The fourth-order valence-electron chi connectivity index (χ4n) is 5.02. The summed E-state index contributed by atoms with van der Waals surface area (Å²) in [6.07, 6.45) is 2.26. The fourth-order valence-corrected chi connectivity index (χ4v) is 5.02. The third-order valence-electron chi connectivity index (χ3n) is 6.64. The standard InChI is InChI=1S/C28H25NO5/c1-31-23-11-10-18(12-24(23)32-15-17-6-3-2-4-7-17)27-19-13-25-26(34-16-33-25)14-21(19)29-20-8-5-9-22(30)28(20)27/h2-4,6-7,10-14,27,29H,5,8-9,15-16H2,1H3. The molecule has 2 heterocycles. The molecule has 0 saturated carbocycles. The monoisotopic (exact) mass is 455 g/mol. The first kappa shape index (κ1) is 20.7. The second-order valence-corrected chi connectivity index (χ2v) is 8.70. The molecule has 6 heteroatoms. The number of methoxy groups -OCH3 is 1. The van der Waals surface area contributed by atoms with Crippen LogP contribution < -0.4 is 24.3 Å². The lowest BCUT2D eigenvalue weighted by molar-refractivity contribution is -0.116. The average molecular weight is 456 g/mol. The number of benzene rings is 3. The van der Waals surface area contributed by atoms with Gasteiger partial charge in [0.25, 0.3) is 0 Å². The molecule has 1 N–H and O–H groups in total. The molecule has 0 spiro atoms. The minimum Gasteiger partial charge on any atom is -0.493 e. The van der Waals surface area contributed by atoms with E-state index in [4.69, 9.17) is 18.9 Å². The maximum Gasteiger partial charge on any atom is 0.231 e. The largest absolute Gasteiger partial charge is 0.493 e. The molecule has 0 aromatic heterocycles. The van der Waals surface area contributed by atoms with Crippen LogP contribution in [0.1, 0.15) is 41.9 Å². The predicted molar refractivity (Wildman–Crippen MR) is 128 cm³/mol. The number of hydrogen-bond acceptors (Lipinski definition) is 6. The van der Waals surface area contributed by atoms with Crippen molar-refractivity contribution in [1.29, 1.82) is 0 Å². The molecule has 6 rings (SSSR count). The van der Waals surface area contributed by atoms with Crippen molar-refractivity contribution in [3.05, 3.63) is 88.6 Å². The number of ether oxygens (including phenoxy) is 4. The molecule has 0 bridgehead atoms. The molecular formula is C28H25NO5. The number of ketones is 1. The maximum atomic E-state index is 13.2. The lowest BCUT2D eigenvalue weighted by atomic mass is 9.75. The molecular weight excluding hydrogens is 430 g/mol. The van der Waals surface area contributed by atoms with Crippen molar-refractivity contribution in [1.82, 2.24) is 0 Å². The van der Waals surface area contributed by atoms with Crippen molar-refractivity contribution < 1.29 is 23.7 Å². The Morgan fingerprint density at radius 2 is 1.79 bits per heavy atom. The smallest absolute Gasteiger partial charge is 0.231 e. The molecule has 0 amide bonds. The van der Waals surface area contributed by atoms with Gasteiger partial charge in [0.1, 0.15) is 6.61 Å². The predicted octanol–water partition coefficient (Wildman–Crippen LogP) is 5.57. The number of allylic oxidation sites excluding steroid dienone is 2. The molecule has 1 aliphatic carbocycles. The first-order valence-corrected chi connectivity index (χ1v) is 11.5. The molecule has 0 fully saturated rings. The van der Waals surface area contributed by atoms with Crippen molar-refractivity contribution >= 4 is 11.5 Å². The normalized spacial score (nSPS) is 18.1. The van der Waals surface area contributed by atoms with Crippen LogP contribution >= 0.6 is 0 Å². The summed E-state index contributed by atoms with van der Waals surface area (Å²) in [5.74, 6) is 2.69. The van der Waals surface area contributed by atoms with Crippen LogP contribution in [0.3, 0.4) is 0 Å². The molecule has 0 saturated heterocycles. The first-order valence-electron chi connectivity index (χ1n) is 11.5. The molecule has 6 nitrogen and oxygen atoms in total. The van der Waals surface area contributed by atoms with Gasteiger partial charge in [-0.3, -0.25) is 4.79 Å². The number of fused-ring (bicyclic) bond motifs is 2. The molecule has 1 atom stereocenters. The molecule has 1 unspecified atom stereocenters. The Morgan fingerprint density at radius 3 is 2.62 bits per heavy atom. The summed E-state index contributed by atoms with van der Waals surface area (Å²) < 4.78 is 23.0. The van der Waals surface area contributed by atoms with Crippen molar-refractivity contribution in [2.75, 3.05) is 19.2 Å². The van der Waals surface area contributed by atoms with Gasteiger partial charge in [0, 0.05) is 35.4 Å². The second kappa shape index (κ2) is 8.45. The van der Waals surface area contributed by atoms with E-state index < -0.39 is 0 Å². The zero-order valence-electron chi connectivity index (χ0n) is 18.9. The number of carbonyl (C=O) groups is 1. The molecule has 0 radical (unpaired) electrons. The molecule has 34 heavy (non-hydrogen) atoms.